The molecule has 0 N–H and O–H groups in total. The third-order valence-corrected chi connectivity index (χ3v) is 7.14. The van der Waals surface area contributed by atoms with Crippen molar-refractivity contribution >= 4 is 22.8 Å². The minimum atomic E-state index is -0.342. The predicted molar refractivity (Wildman–Crippen MR) is 164 cm³/mol. The number of anilines is 1. The highest BCUT2D eigenvalue weighted by atomic mass is 16.5. The van der Waals surface area contributed by atoms with E-state index in [0.29, 0.717) is 34.0 Å². The SMILES string of the molecule is CCN(CC)c1ccc2c(c1)O/C(=C/C1=CC(=C(C(=O)c3ccccc3)C(=O)c3ccccc3)C=C(C)O1)C=C2C. The Kier molecular flexibility index (Phi) is 8.16. The molecule has 0 aromatic heterocycles. The number of fused-ring (bicyclic) bond motifs is 1. The fourth-order valence-electron chi connectivity index (χ4n) is 5.07. The lowest BCUT2D eigenvalue weighted by atomic mass is 9.90. The lowest BCUT2D eigenvalue weighted by Gasteiger charge is -2.25. The normalized spacial score (nSPS) is 15.1. The molecule has 5 rings (SSSR count). The van der Waals surface area contributed by atoms with Crippen LogP contribution in [0.25, 0.3) is 5.57 Å². The highest BCUT2D eigenvalue weighted by Gasteiger charge is 2.26. The van der Waals surface area contributed by atoms with Crippen molar-refractivity contribution in [1.29, 1.82) is 0 Å². The van der Waals surface area contributed by atoms with Crippen LogP contribution in [0.1, 0.15) is 54.0 Å². The van der Waals surface area contributed by atoms with Crippen molar-refractivity contribution in [2.24, 2.45) is 0 Å². The van der Waals surface area contributed by atoms with Gasteiger partial charge < -0.3 is 14.4 Å². The zero-order valence-corrected chi connectivity index (χ0v) is 23.8. The molecule has 0 spiro atoms. The highest BCUT2D eigenvalue weighted by molar-refractivity contribution is 6.31. The van der Waals surface area contributed by atoms with Crippen LogP contribution in [-0.4, -0.2) is 24.7 Å². The minimum Gasteiger partial charge on any atom is -0.462 e. The standard InChI is InChI=1S/C36H33NO4/c1-5-37(6-2)29-17-18-32-24(3)19-30(41-33(32)22-29)23-31-21-28(20-25(4)40-31)34(35(38)26-13-9-7-10-14-26)36(39)27-15-11-8-12-16-27/h7-23H,5-6H2,1-4H3/b30-23+. The van der Waals surface area contributed by atoms with Crippen LogP contribution >= 0.6 is 0 Å². The molecule has 5 nitrogen and oxygen atoms in total. The molecule has 0 radical (unpaired) electrons. The fraction of sp³-hybridized carbons (Fsp3) is 0.167. The Morgan fingerprint density at radius 1 is 0.756 bits per heavy atom. The quantitative estimate of drug-likeness (QED) is 0.124. The maximum Gasteiger partial charge on any atom is 0.197 e. The van der Waals surface area contributed by atoms with E-state index >= 15 is 0 Å². The molecule has 206 valence electrons. The molecule has 0 saturated heterocycles. The number of carbonyl (C=O) groups excluding carboxylic acids is 2. The zero-order chi connectivity index (χ0) is 28.9. The second kappa shape index (κ2) is 12.1. The fourth-order valence-corrected chi connectivity index (χ4v) is 5.07. The van der Waals surface area contributed by atoms with E-state index in [1.165, 1.54) is 0 Å². The minimum absolute atomic E-state index is 0.0893. The van der Waals surface area contributed by atoms with Crippen LogP contribution in [0, 0.1) is 0 Å². The maximum atomic E-state index is 13.7. The topological polar surface area (TPSA) is 55.8 Å². The van der Waals surface area contributed by atoms with Crippen LogP contribution in [0.3, 0.4) is 0 Å². The molecule has 3 aromatic carbocycles. The second-order valence-corrected chi connectivity index (χ2v) is 9.95. The van der Waals surface area contributed by atoms with E-state index in [-0.39, 0.29) is 17.1 Å². The summed E-state index contributed by atoms with van der Waals surface area (Å²) in [4.78, 5) is 29.8. The van der Waals surface area contributed by atoms with E-state index in [2.05, 4.69) is 36.9 Å². The van der Waals surface area contributed by atoms with Crippen molar-refractivity contribution in [3.63, 3.8) is 0 Å². The second-order valence-electron chi connectivity index (χ2n) is 9.95. The third kappa shape index (κ3) is 5.99. The molecular formula is C36H33NO4. The Hall–Kier alpha value is -4.90. The summed E-state index contributed by atoms with van der Waals surface area (Å²) in [6, 6.07) is 24.0. The first-order valence-electron chi connectivity index (χ1n) is 13.9. The number of ketones is 2. The lowest BCUT2D eigenvalue weighted by Crippen LogP contribution is -2.21. The van der Waals surface area contributed by atoms with Crippen molar-refractivity contribution in [3.8, 4) is 5.75 Å². The van der Waals surface area contributed by atoms with Crippen molar-refractivity contribution < 1.29 is 19.1 Å². The van der Waals surface area contributed by atoms with Crippen LogP contribution in [0.15, 0.2) is 132 Å². The average molecular weight is 544 g/mol. The summed E-state index contributed by atoms with van der Waals surface area (Å²) in [6.07, 6.45) is 7.22. The highest BCUT2D eigenvalue weighted by Crippen LogP contribution is 2.37. The van der Waals surface area contributed by atoms with Crippen LogP contribution in [0.5, 0.6) is 5.75 Å². The van der Waals surface area contributed by atoms with Gasteiger partial charge in [0.25, 0.3) is 0 Å². The Balaban J connectivity index is 1.57. The molecule has 0 unspecified atom stereocenters. The number of benzene rings is 3. The maximum absolute atomic E-state index is 13.7. The smallest absolute Gasteiger partial charge is 0.197 e. The Labute approximate surface area is 241 Å². The molecule has 2 aliphatic rings. The van der Waals surface area contributed by atoms with Gasteiger partial charge in [-0.05, 0) is 69.2 Å². The van der Waals surface area contributed by atoms with Gasteiger partial charge in [-0.15, -0.1) is 0 Å². The largest absolute Gasteiger partial charge is 0.462 e. The number of rotatable bonds is 8. The summed E-state index contributed by atoms with van der Waals surface area (Å²) >= 11 is 0. The number of hydrogen-bond acceptors (Lipinski definition) is 5. The summed E-state index contributed by atoms with van der Waals surface area (Å²) in [5.41, 5.74) is 4.68. The van der Waals surface area contributed by atoms with Crippen molar-refractivity contribution in [3.05, 3.63) is 148 Å². The summed E-state index contributed by atoms with van der Waals surface area (Å²) in [5.74, 6) is 1.74. The molecule has 2 aliphatic heterocycles. The van der Waals surface area contributed by atoms with E-state index in [9.17, 15) is 9.59 Å². The van der Waals surface area contributed by atoms with Gasteiger partial charge in [-0.2, -0.15) is 0 Å². The van der Waals surface area contributed by atoms with Crippen LogP contribution in [0.2, 0.25) is 0 Å². The van der Waals surface area contributed by atoms with Crippen LogP contribution in [0.4, 0.5) is 5.69 Å². The summed E-state index contributed by atoms with van der Waals surface area (Å²) in [6.45, 7) is 9.92. The molecular weight excluding hydrogens is 510 g/mol. The zero-order valence-electron chi connectivity index (χ0n) is 23.8. The van der Waals surface area contributed by atoms with Gasteiger partial charge in [0.15, 0.2) is 11.6 Å². The van der Waals surface area contributed by atoms with Gasteiger partial charge in [0, 0.05) is 47.6 Å². The molecule has 2 heterocycles. The molecule has 0 fully saturated rings. The van der Waals surface area contributed by atoms with Gasteiger partial charge >= 0.3 is 0 Å². The van der Waals surface area contributed by atoms with Gasteiger partial charge in [-0.3, -0.25) is 9.59 Å². The number of Topliss-reactive ketones (excluding diaryl/α,β-unsaturated/α-hetero) is 2. The molecule has 0 amide bonds. The number of nitrogens with zero attached hydrogens (tertiary/aromatic N) is 1. The first-order valence-corrected chi connectivity index (χ1v) is 13.9. The summed E-state index contributed by atoms with van der Waals surface area (Å²) < 4.78 is 12.3. The summed E-state index contributed by atoms with van der Waals surface area (Å²) in [7, 11) is 0. The molecule has 0 atom stereocenters. The molecule has 5 heteroatoms. The van der Waals surface area contributed by atoms with Gasteiger partial charge in [0.05, 0.1) is 5.57 Å². The van der Waals surface area contributed by atoms with Crippen LogP contribution < -0.4 is 9.64 Å². The van der Waals surface area contributed by atoms with Gasteiger partial charge in [-0.1, -0.05) is 60.7 Å². The molecule has 0 saturated carbocycles. The van der Waals surface area contributed by atoms with E-state index < -0.39 is 0 Å². The molecule has 41 heavy (non-hydrogen) atoms. The first-order chi connectivity index (χ1) is 19.9. The number of allylic oxidation sites excluding steroid dienone is 8. The van der Waals surface area contributed by atoms with Crippen molar-refractivity contribution in [2.45, 2.75) is 27.7 Å². The first kappa shape index (κ1) is 27.7. The van der Waals surface area contributed by atoms with E-state index in [1.54, 1.807) is 73.7 Å². The number of hydrogen-bond donors (Lipinski definition) is 0. The molecule has 0 aliphatic carbocycles. The average Bonchev–Trinajstić information content (AvgIpc) is 2.98. The van der Waals surface area contributed by atoms with Gasteiger partial charge in [-0.25, -0.2) is 0 Å². The van der Waals surface area contributed by atoms with E-state index in [4.69, 9.17) is 9.47 Å². The van der Waals surface area contributed by atoms with E-state index in [0.717, 1.165) is 35.7 Å². The Morgan fingerprint density at radius 3 is 1.95 bits per heavy atom. The number of ether oxygens (including phenoxy) is 2. The third-order valence-electron chi connectivity index (χ3n) is 7.14. The van der Waals surface area contributed by atoms with E-state index in [1.807, 2.05) is 25.1 Å². The predicted octanol–water partition coefficient (Wildman–Crippen LogP) is 8.09. The van der Waals surface area contributed by atoms with Crippen LogP contribution in [-0.2, 0) is 4.74 Å². The van der Waals surface area contributed by atoms with Crippen molar-refractivity contribution in [1.82, 2.24) is 0 Å². The molecule has 0 bridgehead atoms. The van der Waals surface area contributed by atoms with Gasteiger partial charge in [0.2, 0.25) is 0 Å². The monoisotopic (exact) mass is 543 g/mol. The lowest BCUT2D eigenvalue weighted by molar-refractivity contribution is 0.0961. The Bertz CT molecular complexity index is 1580. The van der Waals surface area contributed by atoms with Gasteiger partial charge in [0.1, 0.15) is 23.0 Å². The molecule has 3 aromatic rings. The Morgan fingerprint density at radius 2 is 1.37 bits per heavy atom. The summed E-state index contributed by atoms with van der Waals surface area (Å²) in [5, 5.41) is 0. The van der Waals surface area contributed by atoms with Crippen molar-refractivity contribution in [2.75, 3.05) is 18.0 Å². The number of carbonyl (C=O) groups is 2.